The summed E-state index contributed by atoms with van der Waals surface area (Å²) in [5.41, 5.74) is -1.05. The number of nitro groups is 1. The number of aromatic carboxylic acids is 1. The second-order valence-electron chi connectivity index (χ2n) is 3.40. The van der Waals surface area contributed by atoms with Crippen molar-refractivity contribution in [1.82, 2.24) is 10.2 Å². The average Bonchev–Trinajstić information content (AvgIpc) is 2.74. The molecule has 0 saturated heterocycles. The third-order valence-corrected chi connectivity index (χ3v) is 2.84. The topological polar surface area (TPSA) is 115 Å². The van der Waals surface area contributed by atoms with Gasteiger partial charge in [-0.2, -0.15) is 0 Å². The van der Waals surface area contributed by atoms with Crippen molar-refractivity contribution in [1.29, 1.82) is 0 Å². The molecule has 0 saturated carbocycles. The number of carboxylic acid groups (broad SMARTS) is 1. The van der Waals surface area contributed by atoms with Crippen LogP contribution in [0.2, 0.25) is 0 Å². The first kappa shape index (κ1) is 12.9. The lowest BCUT2D eigenvalue weighted by molar-refractivity contribution is -0.385. The summed E-state index contributed by atoms with van der Waals surface area (Å²) in [6, 6.07) is 3.77. The quantitative estimate of drug-likeness (QED) is 0.674. The fraction of sp³-hybridized carbons (Fsp3) is 0.100. The third kappa shape index (κ3) is 2.65. The standard InChI is InChI=1S/C10H7N3O5S/c1-5-11-12-10(19-5)18-7-4-2-3-6(13(16)17)8(7)9(14)15/h2-4H,1H3,(H,14,15). The van der Waals surface area contributed by atoms with E-state index in [0.717, 1.165) is 17.4 Å². The molecule has 0 unspecified atom stereocenters. The Labute approximate surface area is 110 Å². The van der Waals surface area contributed by atoms with Crippen LogP contribution in [0.15, 0.2) is 18.2 Å². The maximum atomic E-state index is 11.1. The summed E-state index contributed by atoms with van der Waals surface area (Å²) >= 11 is 1.11. The summed E-state index contributed by atoms with van der Waals surface area (Å²) in [5, 5.41) is 28.0. The molecule has 8 nitrogen and oxygen atoms in total. The first-order valence-electron chi connectivity index (χ1n) is 4.97. The lowest BCUT2D eigenvalue weighted by Gasteiger charge is -2.05. The molecule has 0 spiro atoms. The summed E-state index contributed by atoms with van der Waals surface area (Å²) in [6.45, 7) is 1.70. The van der Waals surface area contributed by atoms with Crippen molar-refractivity contribution in [3.8, 4) is 10.9 Å². The van der Waals surface area contributed by atoms with Crippen molar-refractivity contribution < 1.29 is 19.6 Å². The van der Waals surface area contributed by atoms with E-state index in [4.69, 9.17) is 9.84 Å². The molecule has 1 aromatic heterocycles. The molecule has 0 bridgehead atoms. The van der Waals surface area contributed by atoms with Gasteiger partial charge < -0.3 is 9.84 Å². The van der Waals surface area contributed by atoms with E-state index >= 15 is 0 Å². The fourth-order valence-electron chi connectivity index (χ4n) is 1.39. The summed E-state index contributed by atoms with van der Waals surface area (Å²) in [6.07, 6.45) is 0. The van der Waals surface area contributed by atoms with Gasteiger partial charge in [0.2, 0.25) is 0 Å². The van der Waals surface area contributed by atoms with Crippen molar-refractivity contribution in [2.24, 2.45) is 0 Å². The van der Waals surface area contributed by atoms with E-state index in [2.05, 4.69) is 10.2 Å². The molecular formula is C10H7N3O5S. The van der Waals surface area contributed by atoms with Gasteiger partial charge in [-0.1, -0.05) is 22.5 Å². The molecule has 0 aliphatic carbocycles. The lowest BCUT2D eigenvalue weighted by Crippen LogP contribution is -2.05. The minimum absolute atomic E-state index is 0.125. The highest BCUT2D eigenvalue weighted by Gasteiger charge is 2.25. The molecule has 0 amide bonds. The normalized spacial score (nSPS) is 10.2. The Kier molecular flexibility index (Phi) is 3.38. The van der Waals surface area contributed by atoms with Crippen molar-refractivity contribution in [3.05, 3.63) is 38.9 Å². The molecule has 1 aromatic carbocycles. The smallest absolute Gasteiger partial charge is 0.346 e. The average molecular weight is 281 g/mol. The highest BCUT2D eigenvalue weighted by atomic mass is 32.1. The Bertz CT molecular complexity index is 654. The first-order chi connectivity index (χ1) is 8.99. The maximum absolute atomic E-state index is 11.1. The van der Waals surface area contributed by atoms with Gasteiger partial charge in [-0.25, -0.2) is 4.79 Å². The zero-order chi connectivity index (χ0) is 14.0. The van der Waals surface area contributed by atoms with Crippen LogP contribution in [0.4, 0.5) is 5.69 Å². The Morgan fingerprint density at radius 1 is 1.47 bits per heavy atom. The highest BCUT2D eigenvalue weighted by Crippen LogP contribution is 2.32. The van der Waals surface area contributed by atoms with Crippen LogP contribution in [0, 0.1) is 17.0 Å². The minimum atomic E-state index is -1.44. The SMILES string of the molecule is Cc1nnc(Oc2cccc([N+](=O)[O-])c2C(=O)O)s1. The van der Waals surface area contributed by atoms with Gasteiger partial charge in [0, 0.05) is 6.07 Å². The van der Waals surface area contributed by atoms with E-state index < -0.39 is 22.1 Å². The second-order valence-corrected chi connectivity index (χ2v) is 4.55. The first-order valence-corrected chi connectivity index (χ1v) is 5.79. The number of rotatable bonds is 4. The lowest BCUT2D eigenvalue weighted by atomic mass is 10.1. The van der Waals surface area contributed by atoms with Crippen molar-refractivity contribution >= 4 is 23.0 Å². The van der Waals surface area contributed by atoms with Gasteiger partial charge in [-0.05, 0) is 13.0 Å². The summed E-state index contributed by atoms with van der Waals surface area (Å²) in [5.74, 6) is -1.58. The Morgan fingerprint density at radius 3 is 2.74 bits per heavy atom. The van der Waals surface area contributed by atoms with Gasteiger partial charge in [0.1, 0.15) is 5.01 Å². The predicted molar refractivity (Wildman–Crippen MR) is 64.8 cm³/mol. The van der Waals surface area contributed by atoms with Crippen LogP contribution in [0.1, 0.15) is 15.4 Å². The van der Waals surface area contributed by atoms with Crippen LogP contribution in [0.25, 0.3) is 0 Å². The van der Waals surface area contributed by atoms with Crippen LogP contribution in [-0.2, 0) is 0 Å². The van der Waals surface area contributed by atoms with Crippen molar-refractivity contribution in [3.63, 3.8) is 0 Å². The molecule has 0 atom stereocenters. The zero-order valence-corrected chi connectivity index (χ0v) is 10.4. The van der Waals surface area contributed by atoms with Crippen LogP contribution in [0.3, 0.4) is 0 Å². The van der Waals surface area contributed by atoms with Crippen LogP contribution in [0.5, 0.6) is 10.9 Å². The number of benzene rings is 1. The molecular weight excluding hydrogens is 274 g/mol. The highest BCUT2D eigenvalue weighted by molar-refractivity contribution is 7.13. The monoisotopic (exact) mass is 281 g/mol. The number of ether oxygens (including phenoxy) is 1. The van der Waals surface area contributed by atoms with Gasteiger partial charge in [0.25, 0.3) is 10.9 Å². The van der Waals surface area contributed by atoms with E-state index in [1.165, 1.54) is 12.1 Å². The molecule has 19 heavy (non-hydrogen) atoms. The molecule has 2 rings (SSSR count). The molecule has 0 aliphatic heterocycles. The number of aromatic nitrogens is 2. The number of nitro benzene ring substituents is 1. The molecule has 0 fully saturated rings. The maximum Gasteiger partial charge on any atom is 0.346 e. The van der Waals surface area contributed by atoms with Crippen molar-refractivity contribution in [2.75, 3.05) is 0 Å². The summed E-state index contributed by atoms with van der Waals surface area (Å²) in [4.78, 5) is 21.1. The number of aryl methyl sites for hydroxylation is 1. The number of hydrogen-bond donors (Lipinski definition) is 1. The largest absolute Gasteiger partial charge is 0.477 e. The number of hydrogen-bond acceptors (Lipinski definition) is 7. The van der Waals surface area contributed by atoms with Crippen LogP contribution < -0.4 is 4.74 Å². The van der Waals surface area contributed by atoms with E-state index in [1.807, 2.05) is 0 Å². The van der Waals surface area contributed by atoms with Crippen LogP contribution in [-0.4, -0.2) is 26.2 Å². The van der Waals surface area contributed by atoms with Gasteiger partial charge in [-0.3, -0.25) is 10.1 Å². The molecule has 9 heteroatoms. The minimum Gasteiger partial charge on any atom is -0.477 e. The molecule has 1 N–H and O–H groups in total. The summed E-state index contributed by atoms with van der Waals surface area (Å²) in [7, 11) is 0. The number of carboxylic acids is 1. The Morgan fingerprint density at radius 2 is 2.21 bits per heavy atom. The van der Waals surface area contributed by atoms with E-state index in [1.54, 1.807) is 6.92 Å². The molecule has 2 aromatic rings. The molecule has 0 radical (unpaired) electrons. The Balaban J connectivity index is 2.47. The number of carbonyl (C=O) groups is 1. The summed E-state index contributed by atoms with van der Waals surface area (Å²) < 4.78 is 5.24. The van der Waals surface area contributed by atoms with Crippen molar-refractivity contribution in [2.45, 2.75) is 6.92 Å². The molecule has 1 heterocycles. The van der Waals surface area contributed by atoms with Gasteiger partial charge in [0.05, 0.1) is 4.92 Å². The number of nitrogens with zero attached hydrogens (tertiary/aromatic N) is 3. The van der Waals surface area contributed by atoms with Gasteiger partial charge >= 0.3 is 5.97 Å². The second kappa shape index (κ2) is 4.98. The van der Waals surface area contributed by atoms with Gasteiger partial charge in [-0.15, -0.1) is 5.10 Å². The Hall–Kier alpha value is -2.55. The molecule has 98 valence electrons. The van der Waals surface area contributed by atoms with Crippen LogP contribution >= 0.6 is 11.3 Å². The van der Waals surface area contributed by atoms with E-state index in [9.17, 15) is 14.9 Å². The third-order valence-electron chi connectivity index (χ3n) is 2.12. The predicted octanol–water partition coefficient (Wildman–Crippen LogP) is 2.25. The zero-order valence-electron chi connectivity index (χ0n) is 9.56. The van der Waals surface area contributed by atoms with E-state index in [0.29, 0.717) is 5.01 Å². The fourth-order valence-corrected chi connectivity index (χ4v) is 1.93. The van der Waals surface area contributed by atoms with E-state index in [-0.39, 0.29) is 10.9 Å². The molecule has 0 aliphatic rings. The van der Waals surface area contributed by atoms with Gasteiger partial charge in [0.15, 0.2) is 11.3 Å².